The van der Waals surface area contributed by atoms with E-state index >= 15 is 0 Å². The fraction of sp³-hybridized carbons (Fsp3) is 0.292. The van der Waals surface area contributed by atoms with Gasteiger partial charge in [0.1, 0.15) is 11.6 Å². The largest absolute Gasteiger partial charge is 0.363 e. The van der Waals surface area contributed by atoms with Crippen molar-refractivity contribution in [1.82, 2.24) is 15.3 Å². The molecular weight excluding hydrogens is 410 g/mol. The number of amides is 1. The van der Waals surface area contributed by atoms with Crippen molar-refractivity contribution >= 4 is 29.0 Å². The summed E-state index contributed by atoms with van der Waals surface area (Å²) < 4.78 is 0. The molecule has 0 saturated heterocycles. The number of nitrogens with zero attached hydrogens (tertiary/aromatic N) is 2. The molecule has 1 atom stereocenters. The highest BCUT2D eigenvalue weighted by Crippen LogP contribution is 2.33. The minimum atomic E-state index is -0.154. The highest BCUT2D eigenvalue weighted by Gasteiger charge is 2.20. The molecule has 0 bridgehead atoms. The lowest BCUT2D eigenvalue weighted by molar-refractivity contribution is -0.115. The molecule has 2 aromatic carbocycles. The van der Waals surface area contributed by atoms with Crippen LogP contribution in [0.5, 0.6) is 0 Å². The third kappa shape index (κ3) is 5.03. The molecular formula is C24H26ClN5O. The molecule has 1 amide bonds. The van der Waals surface area contributed by atoms with Crippen LogP contribution in [0, 0.1) is 6.92 Å². The molecule has 0 saturated carbocycles. The van der Waals surface area contributed by atoms with Crippen LogP contribution < -0.4 is 16.0 Å². The average Bonchev–Trinajstić information content (AvgIpc) is 2.75. The van der Waals surface area contributed by atoms with Crippen LogP contribution in [0.4, 0.5) is 11.5 Å². The summed E-state index contributed by atoms with van der Waals surface area (Å²) in [6.45, 7) is 2.10. The van der Waals surface area contributed by atoms with Crippen LogP contribution in [0.1, 0.15) is 35.8 Å². The lowest BCUT2D eigenvalue weighted by atomic mass is 9.88. The molecule has 0 spiro atoms. The number of aryl methyl sites for hydroxylation is 2. The third-order valence-electron chi connectivity index (χ3n) is 5.40. The van der Waals surface area contributed by atoms with Crippen molar-refractivity contribution in [2.24, 2.45) is 0 Å². The number of halogens is 1. The highest BCUT2D eigenvalue weighted by molar-refractivity contribution is 6.33. The Morgan fingerprint density at radius 2 is 2.00 bits per heavy atom. The van der Waals surface area contributed by atoms with Gasteiger partial charge in [0, 0.05) is 11.6 Å². The molecule has 0 fully saturated rings. The molecule has 3 aromatic rings. The van der Waals surface area contributed by atoms with E-state index in [1.54, 1.807) is 13.1 Å². The number of aromatic nitrogens is 2. The summed E-state index contributed by atoms with van der Waals surface area (Å²) in [5, 5.41) is 9.76. The number of rotatable bonds is 6. The van der Waals surface area contributed by atoms with E-state index in [9.17, 15) is 4.79 Å². The van der Waals surface area contributed by atoms with Crippen LogP contribution in [0.3, 0.4) is 0 Å². The van der Waals surface area contributed by atoms with Gasteiger partial charge in [-0.2, -0.15) is 0 Å². The molecule has 1 heterocycles. The van der Waals surface area contributed by atoms with E-state index in [-0.39, 0.29) is 18.5 Å². The van der Waals surface area contributed by atoms with Gasteiger partial charge in [0.05, 0.1) is 29.0 Å². The van der Waals surface area contributed by atoms with Crippen LogP contribution >= 0.6 is 11.6 Å². The fourth-order valence-electron chi connectivity index (χ4n) is 4.01. The summed E-state index contributed by atoms with van der Waals surface area (Å²) in [5.41, 5.74) is 4.94. The van der Waals surface area contributed by atoms with Crippen molar-refractivity contribution in [3.05, 3.63) is 70.5 Å². The number of nitrogens with one attached hydrogen (secondary N) is 3. The molecule has 0 unspecified atom stereocenters. The molecule has 1 aliphatic rings. The predicted molar refractivity (Wildman–Crippen MR) is 126 cm³/mol. The van der Waals surface area contributed by atoms with E-state index in [0.717, 1.165) is 36.3 Å². The molecule has 7 heteroatoms. The minimum absolute atomic E-state index is 0.154. The van der Waals surface area contributed by atoms with Gasteiger partial charge in [0.15, 0.2) is 0 Å². The maximum absolute atomic E-state index is 12.0. The van der Waals surface area contributed by atoms with Crippen molar-refractivity contribution in [2.45, 2.75) is 32.2 Å². The van der Waals surface area contributed by atoms with E-state index < -0.39 is 0 Å². The van der Waals surface area contributed by atoms with Crippen LogP contribution in [0.15, 0.2) is 48.5 Å². The van der Waals surface area contributed by atoms with Crippen molar-refractivity contribution in [1.29, 1.82) is 0 Å². The maximum Gasteiger partial charge on any atom is 0.238 e. The van der Waals surface area contributed by atoms with Crippen LogP contribution in [-0.2, 0) is 11.2 Å². The Balaban J connectivity index is 1.61. The van der Waals surface area contributed by atoms with Gasteiger partial charge in [0.2, 0.25) is 5.91 Å². The number of fused-ring (bicyclic) bond motifs is 1. The Morgan fingerprint density at radius 1 is 1.16 bits per heavy atom. The van der Waals surface area contributed by atoms with Crippen molar-refractivity contribution < 1.29 is 4.79 Å². The Labute approximate surface area is 187 Å². The lowest BCUT2D eigenvalue weighted by Gasteiger charge is -2.27. The molecule has 6 nitrogen and oxygen atoms in total. The SMILES string of the molecule is CNCC(=O)Nc1cc(-c2cc(N[C@@H]3CCCc4ccccc43)nc(C)n2)ccc1Cl. The monoisotopic (exact) mass is 435 g/mol. The van der Waals surface area contributed by atoms with Crippen LogP contribution in [0.25, 0.3) is 11.3 Å². The number of benzene rings is 2. The van der Waals surface area contributed by atoms with Gasteiger partial charge in [0.25, 0.3) is 0 Å². The average molecular weight is 436 g/mol. The van der Waals surface area contributed by atoms with Crippen molar-refractivity contribution in [3.8, 4) is 11.3 Å². The van der Waals surface area contributed by atoms with E-state index in [4.69, 9.17) is 11.6 Å². The first-order valence-electron chi connectivity index (χ1n) is 10.5. The Kier molecular flexibility index (Phi) is 6.49. The van der Waals surface area contributed by atoms with Gasteiger partial charge in [-0.15, -0.1) is 0 Å². The number of carbonyl (C=O) groups excluding carboxylic acids is 1. The lowest BCUT2D eigenvalue weighted by Crippen LogP contribution is -2.25. The van der Waals surface area contributed by atoms with Crippen molar-refractivity contribution in [3.63, 3.8) is 0 Å². The van der Waals surface area contributed by atoms with Crippen molar-refractivity contribution in [2.75, 3.05) is 24.2 Å². The van der Waals surface area contributed by atoms with Gasteiger partial charge < -0.3 is 16.0 Å². The summed E-state index contributed by atoms with van der Waals surface area (Å²) in [7, 11) is 1.72. The quantitative estimate of drug-likeness (QED) is 0.520. The summed E-state index contributed by atoms with van der Waals surface area (Å²) in [4.78, 5) is 21.2. The highest BCUT2D eigenvalue weighted by atomic mass is 35.5. The Morgan fingerprint density at radius 3 is 2.84 bits per heavy atom. The maximum atomic E-state index is 12.0. The van der Waals surface area contributed by atoms with Gasteiger partial charge in [-0.05, 0) is 56.5 Å². The first kappa shape index (κ1) is 21.3. The first-order chi connectivity index (χ1) is 15.0. The van der Waals surface area contributed by atoms with E-state index in [1.807, 2.05) is 25.1 Å². The molecule has 31 heavy (non-hydrogen) atoms. The van der Waals surface area contributed by atoms with E-state index in [2.05, 4.69) is 50.2 Å². The molecule has 1 aliphatic carbocycles. The second-order valence-corrected chi connectivity index (χ2v) is 8.15. The standard InChI is InChI=1S/C24H26ClN5O/c1-15-27-21(17-10-11-19(25)22(12-17)30-24(31)14-26-2)13-23(28-15)29-20-9-5-7-16-6-3-4-8-18(16)20/h3-4,6,8,10-13,20,26H,5,7,9,14H2,1-2H3,(H,30,31)(H,27,28,29)/t20-/m1/s1. The smallest absolute Gasteiger partial charge is 0.238 e. The summed E-state index contributed by atoms with van der Waals surface area (Å²) in [5.74, 6) is 1.32. The number of anilines is 2. The summed E-state index contributed by atoms with van der Waals surface area (Å²) in [6, 6.07) is 16.3. The molecule has 0 aliphatic heterocycles. The van der Waals surface area contributed by atoms with Gasteiger partial charge in [-0.3, -0.25) is 4.79 Å². The van der Waals surface area contributed by atoms with Crippen LogP contribution in [0.2, 0.25) is 5.02 Å². The Hall–Kier alpha value is -2.96. The van der Waals surface area contributed by atoms with E-state index in [0.29, 0.717) is 16.5 Å². The molecule has 0 radical (unpaired) electrons. The molecule has 4 rings (SSSR count). The normalized spacial score (nSPS) is 15.3. The number of hydrogen-bond acceptors (Lipinski definition) is 5. The summed E-state index contributed by atoms with van der Waals surface area (Å²) in [6.07, 6.45) is 3.34. The minimum Gasteiger partial charge on any atom is -0.363 e. The molecule has 160 valence electrons. The second-order valence-electron chi connectivity index (χ2n) is 7.75. The first-order valence-corrected chi connectivity index (χ1v) is 10.9. The zero-order valence-electron chi connectivity index (χ0n) is 17.7. The third-order valence-corrected chi connectivity index (χ3v) is 5.73. The zero-order chi connectivity index (χ0) is 21.8. The number of carbonyl (C=O) groups is 1. The molecule has 3 N–H and O–H groups in total. The summed E-state index contributed by atoms with van der Waals surface area (Å²) >= 11 is 6.29. The van der Waals surface area contributed by atoms with Crippen LogP contribution in [-0.4, -0.2) is 29.5 Å². The number of likely N-dealkylation sites (N-methyl/N-ethyl adjacent to an activating group) is 1. The second kappa shape index (κ2) is 9.45. The fourth-order valence-corrected chi connectivity index (χ4v) is 4.17. The van der Waals surface area contributed by atoms with Gasteiger partial charge >= 0.3 is 0 Å². The van der Waals surface area contributed by atoms with Gasteiger partial charge in [-0.25, -0.2) is 9.97 Å². The topological polar surface area (TPSA) is 78.9 Å². The Bertz CT molecular complexity index is 1100. The van der Waals surface area contributed by atoms with Gasteiger partial charge in [-0.1, -0.05) is 41.9 Å². The zero-order valence-corrected chi connectivity index (χ0v) is 18.5. The predicted octanol–water partition coefficient (Wildman–Crippen LogP) is 4.75. The number of hydrogen-bond donors (Lipinski definition) is 3. The molecule has 1 aromatic heterocycles. The van der Waals surface area contributed by atoms with E-state index in [1.165, 1.54) is 11.1 Å².